The molecule has 0 saturated carbocycles. The summed E-state index contributed by atoms with van der Waals surface area (Å²) in [5.41, 5.74) is 6.85. The number of benzene rings is 4. The Kier molecular flexibility index (Phi) is 13.7. The first-order valence-corrected chi connectivity index (χ1v) is 20.4. The lowest BCUT2D eigenvalue weighted by Gasteiger charge is -2.36. The third-order valence-electron chi connectivity index (χ3n) is 11.1. The molecular formula is C48H52N6O8. The molecule has 2 aromatic heterocycles. The molecule has 2 amide bonds. The van der Waals surface area contributed by atoms with E-state index in [0.717, 1.165) is 69.7 Å². The number of ether oxygens (including phenoxy) is 4. The van der Waals surface area contributed by atoms with E-state index in [1.54, 1.807) is 51.6 Å². The maximum atomic E-state index is 13.4. The monoisotopic (exact) mass is 840 g/mol. The first-order chi connectivity index (χ1) is 30.2. The lowest BCUT2D eigenvalue weighted by atomic mass is 10.0. The fourth-order valence-electron chi connectivity index (χ4n) is 7.80. The van der Waals surface area contributed by atoms with Crippen molar-refractivity contribution in [1.29, 1.82) is 0 Å². The summed E-state index contributed by atoms with van der Waals surface area (Å²) in [5.74, 6) is 1.97. The van der Waals surface area contributed by atoms with Crippen LogP contribution in [0.1, 0.15) is 20.7 Å². The van der Waals surface area contributed by atoms with E-state index in [0.29, 0.717) is 50.4 Å². The average molecular weight is 841 g/mol. The molecule has 4 heterocycles. The van der Waals surface area contributed by atoms with Gasteiger partial charge in [-0.1, -0.05) is 60.7 Å². The fourth-order valence-corrected chi connectivity index (χ4v) is 7.80. The zero-order chi connectivity index (χ0) is 43.6. The number of aliphatic carboxylic acids is 1. The number of carboxylic acid groups (broad SMARTS) is 1. The van der Waals surface area contributed by atoms with E-state index in [1.165, 1.54) is 0 Å². The van der Waals surface area contributed by atoms with Gasteiger partial charge in [-0.2, -0.15) is 0 Å². The number of piperazine rings is 2. The van der Waals surface area contributed by atoms with E-state index in [9.17, 15) is 19.5 Å². The number of carboxylic acids is 1. The van der Waals surface area contributed by atoms with Gasteiger partial charge in [0.05, 0.1) is 39.6 Å². The van der Waals surface area contributed by atoms with Gasteiger partial charge in [0.2, 0.25) is 0 Å². The molecule has 6 aromatic rings. The first kappa shape index (κ1) is 42.8. The Morgan fingerprint density at radius 2 is 0.952 bits per heavy atom. The van der Waals surface area contributed by atoms with Crippen molar-refractivity contribution >= 4 is 29.2 Å². The van der Waals surface area contributed by atoms with Crippen LogP contribution in [0.3, 0.4) is 0 Å². The third-order valence-corrected chi connectivity index (χ3v) is 11.1. The summed E-state index contributed by atoms with van der Waals surface area (Å²) in [6, 6.07) is 31.2. The predicted molar refractivity (Wildman–Crippen MR) is 239 cm³/mol. The zero-order valence-corrected chi connectivity index (χ0v) is 35.5. The molecule has 0 unspecified atom stereocenters. The molecule has 8 rings (SSSR count). The molecule has 0 radical (unpaired) electrons. The van der Waals surface area contributed by atoms with Gasteiger partial charge in [0, 0.05) is 136 Å². The third kappa shape index (κ3) is 9.98. The van der Waals surface area contributed by atoms with Gasteiger partial charge < -0.3 is 53.2 Å². The summed E-state index contributed by atoms with van der Waals surface area (Å²) in [5, 5.41) is 9.20. The minimum absolute atomic E-state index is 0.0629. The molecule has 62 heavy (non-hydrogen) atoms. The number of rotatable bonds is 12. The van der Waals surface area contributed by atoms with Gasteiger partial charge >= 0.3 is 5.97 Å². The predicted octanol–water partition coefficient (Wildman–Crippen LogP) is 6.88. The van der Waals surface area contributed by atoms with Gasteiger partial charge in [-0.3, -0.25) is 14.4 Å². The minimum Gasteiger partial charge on any atom is -0.497 e. The smallest absolute Gasteiger partial charge is 0.323 e. The van der Waals surface area contributed by atoms with Crippen molar-refractivity contribution in [2.24, 2.45) is 0 Å². The van der Waals surface area contributed by atoms with E-state index in [2.05, 4.69) is 14.8 Å². The van der Waals surface area contributed by atoms with Crippen LogP contribution >= 0.6 is 0 Å². The molecule has 2 aliphatic heterocycles. The second-order valence-electron chi connectivity index (χ2n) is 14.9. The van der Waals surface area contributed by atoms with Crippen molar-refractivity contribution in [1.82, 2.24) is 19.4 Å². The number of methoxy groups -OCH3 is 4. The molecule has 4 aromatic carbocycles. The van der Waals surface area contributed by atoms with Crippen LogP contribution in [-0.4, -0.2) is 123 Å². The van der Waals surface area contributed by atoms with E-state index in [1.807, 2.05) is 113 Å². The molecule has 2 aliphatic rings. The van der Waals surface area contributed by atoms with E-state index in [4.69, 9.17) is 18.9 Å². The van der Waals surface area contributed by atoms with Crippen molar-refractivity contribution < 1.29 is 38.4 Å². The van der Waals surface area contributed by atoms with Gasteiger partial charge in [0.15, 0.2) is 0 Å². The number of anilines is 2. The number of hydrogen-bond donors (Lipinski definition) is 2. The molecular weight excluding hydrogens is 789 g/mol. The Balaban J connectivity index is 0.000000188. The first-order valence-electron chi connectivity index (χ1n) is 20.4. The second kappa shape index (κ2) is 19.8. The van der Waals surface area contributed by atoms with Crippen molar-refractivity contribution in [3.8, 4) is 45.3 Å². The Hall–Kier alpha value is -7.35. The SMILES string of the molecule is COc1cc(OC)cc(N2CCN(C(=O)c3c[nH]cc3-c3ccccc3)CC2)c1.COc1cc(OC)cc(N2CCN(C(=O)c3cn(CC(=O)O)cc3-c3ccccc3)CC2)c1. The number of amides is 2. The number of carbonyl (C=O) groups excluding carboxylic acids is 2. The molecule has 0 bridgehead atoms. The molecule has 0 atom stereocenters. The van der Waals surface area contributed by atoms with Crippen LogP contribution in [0.2, 0.25) is 0 Å². The number of aromatic amines is 1. The largest absolute Gasteiger partial charge is 0.497 e. The Morgan fingerprint density at radius 3 is 1.37 bits per heavy atom. The number of nitrogens with one attached hydrogen (secondary N) is 1. The number of hydrogen-bond acceptors (Lipinski definition) is 9. The van der Waals surface area contributed by atoms with Gasteiger partial charge in [0.25, 0.3) is 11.8 Å². The van der Waals surface area contributed by atoms with Crippen molar-refractivity contribution in [3.63, 3.8) is 0 Å². The van der Waals surface area contributed by atoms with Gasteiger partial charge in [-0.05, 0) is 11.1 Å². The van der Waals surface area contributed by atoms with Crippen LogP contribution in [0.5, 0.6) is 23.0 Å². The Labute approximate surface area is 361 Å². The fraction of sp³-hybridized carbons (Fsp3) is 0.271. The second-order valence-corrected chi connectivity index (χ2v) is 14.9. The molecule has 2 saturated heterocycles. The highest BCUT2D eigenvalue weighted by atomic mass is 16.5. The molecule has 2 fully saturated rings. The summed E-state index contributed by atoms with van der Waals surface area (Å²) in [6.45, 7) is 5.08. The van der Waals surface area contributed by atoms with Crippen LogP contribution in [0.25, 0.3) is 22.3 Å². The van der Waals surface area contributed by atoms with E-state index in [-0.39, 0.29) is 18.4 Å². The normalized spacial score (nSPS) is 13.8. The molecule has 0 spiro atoms. The van der Waals surface area contributed by atoms with Crippen molar-refractivity contribution in [2.45, 2.75) is 6.54 Å². The maximum absolute atomic E-state index is 13.4. The van der Waals surface area contributed by atoms with Crippen LogP contribution in [0.4, 0.5) is 11.4 Å². The minimum atomic E-state index is -0.953. The number of aromatic nitrogens is 2. The Bertz CT molecular complexity index is 2410. The number of carbonyl (C=O) groups is 3. The summed E-state index contributed by atoms with van der Waals surface area (Å²) < 4.78 is 23.1. The average Bonchev–Trinajstić information content (AvgIpc) is 3.99. The lowest BCUT2D eigenvalue weighted by Crippen LogP contribution is -2.48. The standard InChI is InChI=1S/C25H27N3O5.C23H25N3O3/c1-32-20-12-19(13-21(14-20)33-2)27-8-10-28(11-9-27)25(31)23-16-26(17-24(29)30)15-22(23)18-6-4-3-5-7-18;1-28-19-12-18(13-20(14-19)29-2)25-8-10-26(11-9-25)23(27)22-16-24-15-21(22)17-6-4-3-5-7-17/h3-7,12-16H,8-11,17H2,1-2H3,(H,29,30);3-7,12-16,24H,8-11H2,1-2H3. The van der Waals surface area contributed by atoms with Crippen LogP contribution in [0.15, 0.2) is 122 Å². The lowest BCUT2D eigenvalue weighted by molar-refractivity contribution is -0.137. The number of H-pyrrole nitrogens is 1. The van der Waals surface area contributed by atoms with Gasteiger partial charge in [0.1, 0.15) is 29.5 Å². The van der Waals surface area contributed by atoms with Crippen LogP contribution in [-0.2, 0) is 11.3 Å². The highest BCUT2D eigenvalue weighted by Gasteiger charge is 2.28. The van der Waals surface area contributed by atoms with E-state index < -0.39 is 5.97 Å². The molecule has 14 nitrogen and oxygen atoms in total. The van der Waals surface area contributed by atoms with Crippen molar-refractivity contribution in [3.05, 3.63) is 133 Å². The highest BCUT2D eigenvalue weighted by Crippen LogP contribution is 2.32. The Morgan fingerprint density at radius 1 is 0.532 bits per heavy atom. The summed E-state index contributed by atoms with van der Waals surface area (Å²) in [4.78, 5) is 49.1. The molecule has 2 N–H and O–H groups in total. The van der Waals surface area contributed by atoms with Gasteiger partial charge in [-0.25, -0.2) is 0 Å². The molecule has 14 heteroatoms. The maximum Gasteiger partial charge on any atom is 0.323 e. The summed E-state index contributed by atoms with van der Waals surface area (Å²) in [6.07, 6.45) is 7.05. The zero-order valence-electron chi connectivity index (χ0n) is 35.5. The topological polar surface area (TPSA) is 142 Å². The highest BCUT2D eigenvalue weighted by molar-refractivity contribution is 6.02. The van der Waals surface area contributed by atoms with Crippen LogP contribution < -0.4 is 28.7 Å². The van der Waals surface area contributed by atoms with Gasteiger partial charge in [-0.15, -0.1) is 0 Å². The van der Waals surface area contributed by atoms with Crippen LogP contribution in [0, 0.1) is 0 Å². The quantitative estimate of drug-likeness (QED) is 0.134. The molecule has 0 aliphatic carbocycles. The molecule has 322 valence electrons. The number of nitrogens with zero attached hydrogens (tertiary/aromatic N) is 5. The van der Waals surface area contributed by atoms with Crippen molar-refractivity contribution in [2.75, 3.05) is 90.6 Å². The summed E-state index contributed by atoms with van der Waals surface area (Å²) in [7, 11) is 6.54. The summed E-state index contributed by atoms with van der Waals surface area (Å²) >= 11 is 0. The van der Waals surface area contributed by atoms with E-state index >= 15 is 0 Å².